The lowest BCUT2D eigenvalue weighted by Crippen LogP contribution is -2.28. The van der Waals surface area contributed by atoms with Crippen molar-refractivity contribution >= 4 is 5.69 Å². The predicted octanol–water partition coefficient (Wildman–Crippen LogP) is 2.42. The number of aryl methyl sites for hydroxylation is 1. The number of alkyl halides is 3. The van der Waals surface area contributed by atoms with E-state index >= 15 is 0 Å². The van der Waals surface area contributed by atoms with Crippen LogP contribution in [0, 0.1) is 0 Å². The molecule has 1 aromatic carbocycles. The minimum absolute atomic E-state index is 0.000459. The molecule has 0 bridgehead atoms. The Morgan fingerprint density at radius 2 is 2.12 bits per heavy atom. The lowest BCUT2D eigenvalue weighted by molar-refractivity contribution is -0.137. The van der Waals surface area contributed by atoms with E-state index in [1.165, 1.54) is 12.1 Å². The van der Waals surface area contributed by atoms with Crippen molar-refractivity contribution in [3.8, 4) is 0 Å². The van der Waals surface area contributed by atoms with E-state index in [4.69, 9.17) is 5.11 Å². The molecule has 0 aliphatic carbocycles. The van der Waals surface area contributed by atoms with Gasteiger partial charge in [-0.15, -0.1) is 0 Å². The number of aliphatic hydroxyl groups is 1. The summed E-state index contributed by atoms with van der Waals surface area (Å²) in [7, 11) is 0. The van der Waals surface area contributed by atoms with Crippen LogP contribution in [0.3, 0.4) is 0 Å². The van der Waals surface area contributed by atoms with Gasteiger partial charge >= 0.3 is 6.18 Å². The second kappa shape index (κ2) is 3.97. The Morgan fingerprint density at radius 3 is 2.75 bits per heavy atom. The second-order valence-corrected chi connectivity index (χ2v) is 3.93. The Morgan fingerprint density at radius 1 is 1.38 bits per heavy atom. The van der Waals surface area contributed by atoms with Crippen LogP contribution in [0.15, 0.2) is 18.2 Å². The van der Waals surface area contributed by atoms with E-state index in [-0.39, 0.29) is 12.6 Å². The Kier molecular flexibility index (Phi) is 2.80. The van der Waals surface area contributed by atoms with Gasteiger partial charge in [0.15, 0.2) is 0 Å². The summed E-state index contributed by atoms with van der Waals surface area (Å²) in [6.45, 7) is 0.000459. The normalized spacial score (nSPS) is 20.1. The van der Waals surface area contributed by atoms with Gasteiger partial charge in [-0.2, -0.15) is 13.2 Å². The molecule has 1 atom stereocenters. The SMILES string of the molecule is OC[C@H]1CCc2cc(C(F)(F)F)ccc2N1. The van der Waals surface area contributed by atoms with Crippen LogP contribution in [-0.2, 0) is 12.6 Å². The number of nitrogens with one attached hydrogen (secondary N) is 1. The van der Waals surface area contributed by atoms with Crippen molar-refractivity contribution in [3.63, 3.8) is 0 Å². The smallest absolute Gasteiger partial charge is 0.394 e. The Hall–Kier alpha value is -1.23. The van der Waals surface area contributed by atoms with Gasteiger partial charge in [-0.25, -0.2) is 0 Å². The van der Waals surface area contributed by atoms with E-state index in [1.54, 1.807) is 0 Å². The van der Waals surface area contributed by atoms with Crippen LogP contribution in [0.1, 0.15) is 17.5 Å². The summed E-state index contributed by atoms with van der Waals surface area (Å²) >= 11 is 0. The van der Waals surface area contributed by atoms with Crippen LogP contribution in [0.4, 0.5) is 18.9 Å². The van der Waals surface area contributed by atoms with Crippen LogP contribution in [0.5, 0.6) is 0 Å². The first-order valence-electron chi connectivity index (χ1n) is 5.08. The Balaban J connectivity index is 2.28. The molecule has 0 saturated carbocycles. The summed E-state index contributed by atoms with van der Waals surface area (Å²) in [5.74, 6) is 0. The molecular weight excluding hydrogens is 219 g/mol. The number of hydrogen-bond acceptors (Lipinski definition) is 2. The van der Waals surface area contributed by atoms with E-state index in [1.807, 2.05) is 0 Å². The van der Waals surface area contributed by atoms with E-state index < -0.39 is 11.7 Å². The maximum atomic E-state index is 12.4. The number of fused-ring (bicyclic) bond motifs is 1. The van der Waals surface area contributed by atoms with Crippen LogP contribution < -0.4 is 5.32 Å². The van der Waals surface area contributed by atoms with Crippen molar-refractivity contribution < 1.29 is 18.3 Å². The highest BCUT2D eigenvalue weighted by Crippen LogP contribution is 2.33. The van der Waals surface area contributed by atoms with Gasteiger partial charge in [0.05, 0.1) is 12.2 Å². The van der Waals surface area contributed by atoms with Gasteiger partial charge in [-0.3, -0.25) is 0 Å². The summed E-state index contributed by atoms with van der Waals surface area (Å²) in [5, 5.41) is 12.0. The first-order chi connectivity index (χ1) is 7.50. The average Bonchev–Trinajstić information content (AvgIpc) is 2.26. The number of aliphatic hydroxyl groups excluding tert-OH is 1. The predicted molar refractivity (Wildman–Crippen MR) is 54.3 cm³/mol. The molecule has 2 N–H and O–H groups in total. The minimum atomic E-state index is -4.29. The van der Waals surface area contributed by atoms with Gasteiger partial charge < -0.3 is 10.4 Å². The molecule has 1 heterocycles. The molecule has 88 valence electrons. The quantitative estimate of drug-likeness (QED) is 0.778. The van der Waals surface area contributed by atoms with E-state index in [9.17, 15) is 13.2 Å². The van der Waals surface area contributed by atoms with Crippen molar-refractivity contribution in [2.45, 2.75) is 25.1 Å². The van der Waals surface area contributed by atoms with E-state index in [2.05, 4.69) is 5.32 Å². The molecule has 5 heteroatoms. The maximum absolute atomic E-state index is 12.4. The van der Waals surface area contributed by atoms with Gasteiger partial charge in [0.1, 0.15) is 0 Å². The number of halogens is 3. The Bertz CT molecular complexity index is 389. The first-order valence-corrected chi connectivity index (χ1v) is 5.08. The summed E-state index contributed by atoms with van der Waals surface area (Å²) < 4.78 is 37.3. The fourth-order valence-electron chi connectivity index (χ4n) is 1.88. The second-order valence-electron chi connectivity index (χ2n) is 3.93. The van der Waals surface area contributed by atoms with Crippen molar-refractivity contribution in [3.05, 3.63) is 29.3 Å². The minimum Gasteiger partial charge on any atom is -0.394 e. The van der Waals surface area contributed by atoms with E-state index in [0.29, 0.717) is 24.1 Å². The van der Waals surface area contributed by atoms with Gasteiger partial charge in [-0.05, 0) is 36.6 Å². The lowest BCUT2D eigenvalue weighted by atomic mass is 9.96. The van der Waals surface area contributed by atoms with Crippen molar-refractivity contribution in [2.75, 3.05) is 11.9 Å². The van der Waals surface area contributed by atoms with Gasteiger partial charge in [-0.1, -0.05) is 0 Å². The Labute approximate surface area is 91.1 Å². The molecule has 0 saturated heterocycles. The molecule has 0 amide bonds. The summed E-state index contributed by atoms with van der Waals surface area (Å²) in [6.07, 6.45) is -3.06. The monoisotopic (exact) mass is 231 g/mol. The zero-order valence-electron chi connectivity index (χ0n) is 8.51. The zero-order chi connectivity index (χ0) is 11.8. The molecule has 0 fully saturated rings. The van der Waals surface area contributed by atoms with Crippen molar-refractivity contribution in [2.24, 2.45) is 0 Å². The van der Waals surface area contributed by atoms with Crippen molar-refractivity contribution in [1.29, 1.82) is 0 Å². The molecule has 2 rings (SSSR count). The topological polar surface area (TPSA) is 32.3 Å². The highest BCUT2D eigenvalue weighted by Gasteiger charge is 2.31. The summed E-state index contributed by atoms with van der Waals surface area (Å²) in [4.78, 5) is 0. The van der Waals surface area contributed by atoms with Gasteiger partial charge in [0.2, 0.25) is 0 Å². The van der Waals surface area contributed by atoms with Crippen LogP contribution >= 0.6 is 0 Å². The molecule has 16 heavy (non-hydrogen) atoms. The highest BCUT2D eigenvalue weighted by atomic mass is 19.4. The fraction of sp³-hybridized carbons (Fsp3) is 0.455. The van der Waals surface area contributed by atoms with Gasteiger partial charge in [0, 0.05) is 11.7 Å². The lowest BCUT2D eigenvalue weighted by Gasteiger charge is -2.26. The van der Waals surface area contributed by atoms with Crippen LogP contribution in [0.25, 0.3) is 0 Å². The summed E-state index contributed by atoms with van der Waals surface area (Å²) in [6, 6.07) is 3.62. The van der Waals surface area contributed by atoms with Gasteiger partial charge in [0.25, 0.3) is 0 Å². The van der Waals surface area contributed by atoms with Crippen molar-refractivity contribution in [1.82, 2.24) is 0 Å². The largest absolute Gasteiger partial charge is 0.416 e. The fourth-order valence-corrected chi connectivity index (χ4v) is 1.88. The third-order valence-electron chi connectivity index (χ3n) is 2.77. The molecule has 1 aromatic rings. The average molecular weight is 231 g/mol. The molecule has 0 spiro atoms. The third-order valence-corrected chi connectivity index (χ3v) is 2.77. The number of hydrogen-bond donors (Lipinski definition) is 2. The molecule has 0 radical (unpaired) electrons. The molecule has 0 aromatic heterocycles. The zero-order valence-corrected chi connectivity index (χ0v) is 8.51. The highest BCUT2D eigenvalue weighted by molar-refractivity contribution is 5.55. The first kappa shape index (κ1) is 11.3. The third kappa shape index (κ3) is 2.14. The standard InChI is InChI=1S/C11H12F3NO/c12-11(13,14)8-2-4-10-7(5-8)1-3-9(6-16)15-10/h2,4-5,9,15-16H,1,3,6H2/t9-/m1/s1. The molecule has 2 nitrogen and oxygen atoms in total. The number of anilines is 1. The molecule has 1 aliphatic rings. The summed E-state index contributed by atoms with van der Waals surface area (Å²) in [5.41, 5.74) is 0.744. The van der Waals surface area contributed by atoms with Crippen LogP contribution in [-0.4, -0.2) is 17.8 Å². The number of benzene rings is 1. The van der Waals surface area contributed by atoms with E-state index in [0.717, 1.165) is 6.07 Å². The number of rotatable bonds is 1. The molecule has 0 unspecified atom stereocenters. The maximum Gasteiger partial charge on any atom is 0.416 e. The van der Waals surface area contributed by atoms with Crippen LogP contribution in [0.2, 0.25) is 0 Å². The molecule has 1 aliphatic heterocycles. The molecular formula is C11H12F3NO.